The Morgan fingerprint density at radius 3 is 2.44 bits per heavy atom. The molecule has 0 radical (unpaired) electrons. The zero-order chi connectivity index (χ0) is 22.4. The lowest BCUT2D eigenvalue weighted by molar-refractivity contribution is 0.364. The number of ether oxygens (including phenoxy) is 1. The molecule has 2 aliphatic heterocycles. The van der Waals surface area contributed by atoms with Crippen molar-refractivity contribution in [2.24, 2.45) is 0 Å². The lowest BCUT2D eigenvalue weighted by Crippen LogP contribution is -2.44. The number of benzene rings is 3. The van der Waals surface area contributed by atoms with Crippen LogP contribution in [0.15, 0.2) is 78.3 Å². The van der Waals surface area contributed by atoms with Gasteiger partial charge in [-0.3, -0.25) is 5.43 Å². The van der Waals surface area contributed by atoms with Crippen molar-refractivity contribution in [3.05, 3.63) is 105 Å². The van der Waals surface area contributed by atoms with E-state index >= 15 is 0 Å². The molecule has 2 aliphatic rings. The summed E-state index contributed by atoms with van der Waals surface area (Å²) in [5.41, 5.74) is 6.79. The van der Waals surface area contributed by atoms with Crippen LogP contribution in [0.5, 0.6) is 5.75 Å². The van der Waals surface area contributed by atoms with Crippen LogP contribution in [0.25, 0.3) is 11.4 Å². The van der Waals surface area contributed by atoms with Gasteiger partial charge >= 0.3 is 0 Å². The molecule has 162 valence electrons. The fourth-order valence-corrected chi connectivity index (χ4v) is 4.27. The number of hydrogen-bond acceptors (Lipinski definition) is 5. The van der Waals surface area contributed by atoms with E-state index in [-0.39, 0.29) is 11.7 Å². The Bertz CT molecular complexity index is 1350. The first kappa shape index (κ1) is 20.3. The molecule has 0 saturated carbocycles. The Kier molecular flexibility index (Phi) is 4.94. The maximum atomic E-state index is 15.0. The summed E-state index contributed by atoms with van der Waals surface area (Å²) in [6.07, 6.45) is 0. The predicted octanol–water partition coefficient (Wildman–Crippen LogP) is 3.99. The van der Waals surface area contributed by atoms with Crippen LogP contribution in [-0.4, -0.2) is 17.1 Å². The fourth-order valence-electron chi connectivity index (χ4n) is 4.15. The van der Waals surface area contributed by atoms with E-state index in [1.165, 1.54) is 11.1 Å². The lowest BCUT2D eigenvalue weighted by atomic mass is 10.0. The molecule has 0 spiro atoms. The average Bonchev–Trinajstić information content (AvgIpc) is 3.14. The standard InChI is InChI=1S/C25H21ClFN3O2/c1-15-20-4-3-5-21(27)22(20)23-24(29(15)14-16-6-12-19(32-2)13-7-16)25(31)30(28-23)18-10-8-17(26)9-11-18/h3-13,28,31H,14H2,1-2H3. The minimum absolute atomic E-state index is 0.0101. The summed E-state index contributed by atoms with van der Waals surface area (Å²) in [4.78, 5) is 2.00. The summed E-state index contributed by atoms with van der Waals surface area (Å²) in [6.45, 7) is 2.43. The number of aliphatic hydroxyl groups is 1. The minimum Gasteiger partial charge on any atom is -0.497 e. The molecule has 5 rings (SSSR count). The summed E-state index contributed by atoms with van der Waals surface area (Å²) >= 11 is 6.03. The van der Waals surface area contributed by atoms with Gasteiger partial charge in [-0.2, -0.15) is 0 Å². The number of nitrogens with zero attached hydrogens (tertiary/aromatic N) is 2. The molecule has 0 aliphatic carbocycles. The molecule has 0 atom stereocenters. The quantitative estimate of drug-likeness (QED) is 0.630. The first-order chi connectivity index (χ1) is 15.5. The molecule has 0 amide bonds. The Morgan fingerprint density at radius 2 is 1.75 bits per heavy atom. The van der Waals surface area contributed by atoms with E-state index in [2.05, 4.69) is 5.43 Å². The molecule has 0 unspecified atom stereocenters. The third-order valence-corrected chi connectivity index (χ3v) is 6.05. The van der Waals surface area contributed by atoms with Crippen molar-refractivity contribution in [3.8, 4) is 5.75 Å². The topological polar surface area (TPSA) is 48.0 Å². The third-order valence-electron chi connectivity index (χ3n) is 5.80. The zero-order valence-corrected chi connectivity index (χ0v) is 18.3. The monoisotopic (exact) mass is 449 g/mol. The van der Waals surface area contributed by atoms with Gasteiger partial charge in [-0.25, -0.2) is 9.40 Å². The van der Waals surface area contributed by atoms with E-state index in [4.69, 9.17) is 16.3 Å². The third kappa shape index (κ3) is 3.24. The molecule has 3 aromatic carbocycles. The number of rotatable bonds is 4. The molecular weight excluding hydrogens is 429 g/mol. The molecule has 5 nitrogen and oxygen atoms in total. The molecule has 0 aromatic heterocycles. The Balaban J connectivity index is 1.68. The van der Waals surface area contributed by atoms with Crippen molar-refractivity contribution in [2.45, 2.75) is 13.5 Å². The van der Waals surface area contributed by atoms with E-state index in [0.29, 0.717) is 33.9 Å². The number of halogens is 2. The summed E-state index contributed by atoms with van der Waals surface area (Å²) < 4.78 is 20.2. The summed E-state index contributed by atoms with van der Waals surface area (Å²) in [7, 11) is 1.63. The number of nitrogens with one attached hydrogen (secondary N) is 1. The maximum absolute atomic E-state index is 15.0. The molecule has 0 bridgehead atoms. The SMILES string of the molecule is COc1ccc(CN2C3=C(O)N(c4ccc(Cl)cc4)NC3=c3c(F)cccc3=C2C)cc1. The molecule has 3 aromatic rings. The lowest BCUT2D eigenvalue weighted by Gasteiger charge is -2.30. The summed E-state index contributed by atoms with van der Waals surface area (Å²) in [5.74, 6) is 0.409. The highest BCUT2D eigenvalue weighted by Crippen LogP contribution is 2.35. The fraction of sp³-hybridized carbons (Fsp3) is 0.120. The smallest absolute Gasteiger partial charge is 0.237 e. The van der Waals surface area contributed by atoms with Crippen LogP contribution < -0.4 is 25.6 Å². The van der Waals surface area contributed by atoms with Gasteiger partial charge in [0, 0.05) is 27.7 Å². The highest BCUT2D eigenvalue weighted by Gasteiger charge is 2.36. The Labute approximate surface area is 189 Å². The van der Waals surface area contributed by atoms with Crippen LogP contribution in [-0.2, 0) is 6.54 Å². The minimum atomic E-state index is -0.350. The van der Waals surface area contributed by atoms with Gasteiger partial charge in [0.05, 0.1) is 18.5 Å². The van der Waals surface area contributed by atoms with E-state index in [1.807, 2.05) is 42.2 Å². The number of hydrazine groups is 1. The van der Waals surface area contributed by atoms with Crippen molar-refractivity contribution in [1.29, 1.82) is 0 Å². The number of methoxy groups -OCH3 is 1. The van der Waals surface area contributed by atoms with Crippen molar-refractivity contribution in [1.82, 2.24) is 10.3 Å². The van der Waals surface area contributed by atoms with Crippen LogP contribution >= 0.6 is 11.6 Å². The van der Waals surface area contributed by atoms with Gasteiger partial charge in [-0.15, -0.1) is 0 Å². The van der Waals surface area contributed by atoms with Crippen molar-refractivity contribution in [2.75, 3.05) is 12.1 Å². The van der Waals surface area contributed by atoms with E-state index < -0.39 is 0 Å². The molecular formula is C25H21ClFN3O2. The Hall–Kier alpha value is -3.64. The van der Waals surface area contributed by atoms with E-state index in [0.717, 1.165) is 22.2 Å². The normalized spacial score (nSPS) is 15.0. The molecule has 2 N–H and O–H groups in total. The van der Waals surface area contributed by atoms with Gasteiger partial charge in [0.1, 0.15) is 17.3 Å². The second kappa shape index (κ2) is 7.80. The van der Waals surface area contributed by atoms with Crippen LogP contribution in [0.4, 0.5) is 10.1 Å². The van der Waals surface area contributed by atoms with Gasteiger partial charge in [-0.1, -0.05) is 35.9 Å². The van der Waals surface area contributed by atoms with E-state index in [9.17, 15) is 9.50 Å². The van der Waals surface area contributed by atoms with Crippen LogP contribution in [0.2, 0.25) is 5.02 Å². The van der Waals surface area contributed by atoms with Crippen molar-refractivity contribution < 1.29 is 14.2 Å². The van der Waals surface area contributed by atoms with Crippen molar-refractivity contribution >= 4 is 28.7 Å². The predicted molar refractivity (Wildman–Crippen MR) is 123 cm³/mol. The molecule has 7 heteroatoms. The van der Waals surface area contributed by atoms with Crippen LogP contribution in [0.3, 0.4) is 0 Å². The largest absolute Gasteiger partial charge is 0.497 e. The molecule has 32 heavy (non-hydrogen) atoms. The van der Waals surface area contributed by atoms with Crippen molar-refractivity contribution in [3.63, 3.8) is 0 Å². The number of anilines is 1. The first-order valence-corrected chi connectivity index (χ1v) is 10.5. The highest BCUT2D eigenvalue weighted by atomic mass is 35.5. The van der Waals surface area contributed by atoms with Gasteiger partial charge in [0.2, 0.25) is 5.88 Å². The molecule has 0 fully saturated rings. The van der Waals surface area contributed by atoms with Crippen LogP contribution in [0.1, 0.15) is 12.5 Å². The molecule has 2 heterocycles. The second-order valence-electron chi connectivity index (χ2n) is 7.65. The second-order valence-corrected chi connectivity index (χ2v) is 8.09. The zero-order valence-electron chi connectivity index (χ0n) is 17.6. The number of aliphatic hydroxyl groups excluding tert-OH is 1. The van der Waals surface area contributed by atoms with Gasteiger partial charge < -0.3 is 14.7 Å². The maximum Gasteiger partial charge on any atom is 0.237 e. The Morgan fingerprint density at radius 1 is 1.03 bits per heavy atom. The average molecular weight is 450 g/mol. The van der Waals surface area contributed by atoms with Crippen LogP contribution in [0, 0.1) is 5.82 Å². The van der Waals surface area contributed by atoms with E-state index in [1.54, 1.807) is 37.4 Å². The summed E-state index contributed by atoms with van der Waals surface area (Å²) in [6, 6.07) is 19.8. The first-order valence-electron chi connectivity index (χ1n) is 10.1. The highest BCUT2D eigenvalue weighted by molar-refractivity contribution is 6.30. The summed E-state index contributed by atoms with van der Waals surface area (Å²) in [5, 5.41) is 14.6. The number of hydrogen-bond donors (Lipinski definition) is 2. The van der Waals surface area contributed by atoms with Gasteiger partial charge in [-0.05, 0) is 55.0 Å². The van der Waals surface area contributed by atoms with Gasteiger partial charge in [0.15, 0.2) is 0 Å². The van der Waals surface area contributed by atoms with Gasteiger partial charge in [0.25, 0.3) is 0 Å². The number of fused-ring (bicyclic) bond motifs is 2. The molecule has 0 saturated heterocycles.